The number of hydrogen-bond acceptors (Lipinski definition) is 2. The molecule has 134 valence electrons. The van der Waals surface area contributed by atoms with E-state index in [1.54, 1.807) is 6.08 Å². The van der Waals surface area contributed by atoms with Crippen molar-refractivity contribution < 1.29 is 14.7 Å². The van der Waals surface area contributed by atoms with Gasteiger partial charge < -0.3 is 10.4 Å². The van der Waals surface area contributed by atoms with Crippen LogP contribution in [0.4, 0.5) is 0 Å². The molecule has 0 unspecified atom stereocenters. The molecule has 0 atom stereocenters. The minimum absolute atomic E-state index is 0.00181. The Bertz CT molecular complexity index is 739. The molecule has 1 rings (SSSR count). The van der Waals surface area contributed by atoms with Crippen LogP contribution >= 0.6 is 0 Å². The highest BCUT2D eigenvalue weighted by atomic mass is 16.4. The van der Waals surface area contributed by atoms with Crippen molar-refractivity contribution in [3.8, 4) is 0 Å². The van der Waals surface area contributed by atoms with Gasteiger partial charge in [-0.1, -0.05) is 65.1 Å². The second-order valence-corrected chi connectivity index (χ2v) is 7.01. The number of amides is 1. The number of carbonyl (C=O) groups is 2. The molecule has 4 heteroatoms. The summed E-state index contributed by atoms with van der Waals surface area (Å²) < 4.78 is 0. The SMILES string of the molecule is C=C(NC(=O)C(C)(C)C(C)C)C(=C)/C(=C\c1ccccc1C)C(=O)O. The largest absolute Gasteiger partial charge is 0.478 e. The Hall–Kier alpha value is -2.62. The lowest BCUT2D eigenvalue weighted by atomic mass is 9.80. The van der Waals surface area contributed by atoms with Crippen LogP contribution in [-0.2, 0) is 9.59 Å². The van der Waals surface area contributed by atoms with E-state index >= 15 is 0 Å². The minimum Gasteiger partial charge on any atom is -0.478 e. The molecule has 0 heterocycles. The molecule has 0 aromatic heterocycles. The molecule has 0 saturated carbocycles. The van der Waals surface area contributed by atoms with Crippen LogP contribution in [0.25, 0.3) is 6.08 Å². The average molecular weight is 341 g/mol. The van der Waals surface area contributed by atoms with E-state index in [-0.39, 0.29) is 28.7 Å². The van der Waals surface area contributed by atoms with Crippen molar-refractivity contribution in [3.63, 3.8) is 0 Å². The van der Waals surface area contributed by atoms with Gasteiger partial charge in [0.25, 0.3) is 0 Å². The molecule has 1 aromatic rings. The Morgan fingerprint density at radius 2 is 1.76 bits per heavy atom. The van der Waals surface area contributed by atoms with Gasteiger partial charge in [0.15, 0.2) is 0 Å². The maximum atomic E-state index is 12.4. The van der Waals surface area contributed by atoms with Crippen LogP contribution in [0.3, 0.4) is 0 Å². The number of carboxylic acids is 1. The standard InChI is InChI=1S/C21H27NO3/c1-13(2)21(6,7)20(25)22-16(5)15(4)18(19(23)24)12-17-11-9-8-10-14(17)3/h8-13H,4-5H2,1-3,6-7H3,(H,22,25)(H,23,24)/b18-12+. The summed E-state index contributed by atoms with van der Waals surface area (Å²) >= 11 is 0. The molecule has 0 bridgehead atoms. The third kappa shape index (κ3) is 4.92. The molecular weight excluding hydrogens is 314 g/mol. The Labute approximate surface area is 150 Å². The van der Waals surface area contributed by atoms with Gasteiger partial charge in [-0.05, 0) is 30.0 Å². The summed E-state index contributed by atoms with van der Waals surface area (Å²) in [6, 6.07) is 7.45. The molecule has 1 amide bonds. The van der Waals surface area contributed by atoms with Crippen molar-refractivity contribution in [2.75, 3.05) is 0 Å². The smallest absolute Gasteiger partial charge is 0.336 e. The summed E-state index contributed by atoms with van der Waals surface area (Å²) in [6.07, 6.45) is 1.55. The van der Waals surface area contributed by atoms with Crippen molar-refractivity contribution in [2.45, 2.75) is 34.6 Å². The molecule has 4 nitrogen and oxygen atoms in total. The summed E-state index contributed by atoms with van der Waals surface area (Å²) in [5.41, 5.74) is 1.51. The van der Waals surface area contributed by atoms with Crippen LogP contribution in [0.1, 0.15) is 38.8 Å². The fourth-order valence-electron chi connectivity index (χ4n) is 1.98. The number of benzene rings is 1. The van der Waals surface area contributed by atoms with Gasteiger partial charge in [-0.2, -0.15) is 0 Å². The number of nitrogens with one attached hydrogen (secondary N) is 1. The summed E-state index contributed by atoms with van der Waals surface area (Å²) in [4.78, 5) is 24.1. The molecule has 0 radical (unpaired) electrons. The molecule has 0 aliphatic carbocycles. The molecule has 2 N–H and O–H groups in total. The highest BCUT2D eigenvalue weighted by Gasteiger charge is 2.32. The highest BCUT2D eigenvalue weighted by Crippen LogP contribution is 2.27. The molecule has 0 saturated heterocycles. The minimum atomic E-state index is -1.12. The first-order chi connectivity index (χ1) is 11.5. The predicted octanol–water partition coefficient (Wildman–Crippen LogP) is 4.33. The molecular formula is C21H27NO3. The van der Waals surface area contributed by atoms with Crippen molar-refractivity contribution in [3.05, 3.63) is 65.4 Å². The lowest BCUT2D eigenvalue weighted by molar-refractivity contribution is -0.132. The third-order valence-corrected chi connectivity index (χ3v) is 4.70. The average Bonchev–Trinajstić information content (AvgIpc) is 2.52. The van der Waals surface area contributed by atoms with E-state index in [0.717, 1.165) is 11.1 Å². The van der Waals surface area contributed by atoms with Crippen LogP contribution in [0.5, 0.6) is 0 Å². The second-order valence-electron chi connectivity index (χ2n) is 7.01. The molecule has 0 aliphatic rings. The van der Waals surface area contributed by atoms with Crippen molar-refractivity contribution in [1.82, 2.24) is 5.32 Å². The lowest BCUT2D eigenvalue weighted by Crippen LogP contribution is -2.40. The number of aryl methyl sites for hydroxylation is 1. The number of carbonyl (C=O) groups excluding carboxylic acids is 1. The summed E-state index contributed by atoms with van der Waals surface area (Å²) in [6.45, 7) is 17.1. The van der Waals surface area contributed by atoms with Crippen LogP contribution < -0.4 is 5.32 Å². The van der Waals surface area contributed by atoms with E-state index in [9.17, 15) is 14.7 Å². The Balaban J connectivity index is 3.09. The summed E-state index contributed by atoms with van der Waals surface area (Å²) in [5, 5.41) is 12.2. The first kappa shape index (κ1) is 20.4. The topological polar surface area (TPSA) is 66.4 Å². The number of allylic oxidation sites excluding steroid dienone is 1. The van der Waals surface area contributed by atoms with Gasteiger partial charge in [0.1, 0.15) is 0 Å². The second kappa shape index (κ2) is 7.97. The van der Waals surface area contributed by atoms with E-state index in [1.165, 1.54) is 0 Å². The quantitative estimate of drug-likeness (QED) is 0.573. The summed E-state index contributed by atoms with van der Waals surface area (Å²) in [7, 11) is 0. The Morgan fingerprint density at radius 1 is 1.20 bits per heavy atom. The van der Waals surface area contributed by atoms with E-state index in [1.807, 2.05) is 58.9 Å². The predicted molar refractivity (Wildman–Crippen MR) is 102 cm³/mol. The van der Waals surface area contributed by atoms with E-state index < -0.39 is 11.4 Å². The van der Waals surface area contributed by atoms with Crippen LogP contribution in [0.2, 0.25) is 0 Å². The van der Waals surface area contributed by atoms with Gasteiger partial charge in [-0.25, -0.2) is 4.79 Å². The van der Waals surface area contributed by atoms with Crippen LogP contribution in [-0.4, -0.2) is 17.0 Å². The number of rotatable bonds is 7. The maximum absolute atomic E-state index is 12.4. The number of carboxylic acid groups (broad SMARTS) is 1. The van der Waals surface area contributed by atoms with Crippen molar-refractivity contribution in [2.24, 2.45) is 11.3 Å². The monoisotopic (exact) mass is 341 g/mol. The summed E-state index contributed by atoms with van der Waals surface area (Å²) in [5.74, 6) is -1.21. The van der Waals surface area contributed by atoms with Crippen molar-refractivity contribution >= 4 is 18.0 Å². The van der Waals surface area contributed by atoms with Crippen LogP contribution in [0, 0.1) is 18.3 Å². The number of hydrogen-bond donors (Lipinski definition) is 2. The normalized spacial score (nSPS) is 12.0. The van der Waals surface area contributed by atoms with Gasteiger partial charge in [0, 0.05) is 16.7 Å². The van der Waals surface area contributed by atoms with E-state index in [2.05, 4.69) is 18.5 Å². The Kier molecular flexibility index (Phi) is 6.51. The molecule has 0 spiro atoms. The molecule has 1 aromatic carbocycles. The van der Waals surface area contributed by atoms with Gasteiger partial charge in [0.2, 0.25) is 5.91 Å². The van der Waals surface area contributed by atoms with Crippen molar-refractivity contribution in [1.29, 1.82) is 0 Å². The highest BCUT2D eigenvalue weighted by molar-refractivity contribution is 5.99. The van der Waals surface area contributed by atoms with Crippen LogP contribution in [0.15, 0.2) is 54.3 Å². The number of aliphatic carboxylic acids is 1. The molecule has 0 aliphatic heterocycles. The molecule has 25 heavy (non-hydrogen) atoms. The molecule has 0 fully saturated rings. The van der Waals surface area contributed by atoms with Gasteiger partial charge in [0.05, 0.1) is 5.57 Å². The lowest BCUT2D eigenvalue weighted by Gasteiger charge is -2.28. The van der Waals surface area contributed by atoms with Gasteiger partial charge in [-0.15, -0.1) is 0 Å². The fraction of sp³-hybridized carbons (Fsp3) is 0.333. The Morgan fingerprint density at radius 3 is 2.24 bits per heavy atom. The first-order valence-electron chi connectivity index (χ1n) is 8.19. The van der Waals surface area contributed by atoms with E-state index in [4.69, 9.17) is 0 Å². The van der Waals surface area contributed by atoms with Gasteiger partial charge in [-0.3, -0.25) is 4.79 Å². The van der Waals surface area contributed by atoms with Gasteiger partial charge >= 0.3 is 5.97 Å². The first-order valence-corrected chi connectivity index (χ1v) is 8.19. The van der Waals surface area contributed by atoms with E-state index in [0.29, 0.717) is 0 Å². The maximum Gasteiger partial charge on any atom is 0.336 e. The fourth-order valence-corrected chi connectivity index (χ4v) is 1.98. The zero-order valence-electron chi connectivity index (χ0n) is 15.6. The third-order valence-electron chi connectivity index (χ3n) is 4.70. The zero-order valence-corrected chi connectivity index (χ0v) is 15.6. The zero-order chi connectivity index (χ0) is 19.4.